The average molecular weight is 280 g/mol. The second-order valence-electron chi connectivity index (χ2n) is 4.88. The fourth-order valence-electron chi connectivity index (χ4n) is 2.23. The molecule has 1 fully saturated rings. The first-order valence-corrected chi connectivity index (χ1v) is 7.31. The minimum absolute atomic E-state index is 0.00643. The van der Waals surface area contributed by atoms with Gasteiger partial charge >= 0.3 is 0 Å². The Labute approximate surface area is 120 Å². The predicted molar refractivity (Wildman–Crippen MR) is 77.0 cm³/mol. The lowest BCUT2D eigenvalue weighted by molar-refractivity contribution is -0.167. The van der Waals surface area contributed by atoms with Crippen LogP contribution < -0.4 is 0 Å². The molecule has 2 rings (SSSR count). The van der Waals surface area contributed by atoms with Gasteiger partial charge in [0.1, 0.15) is 12.8 Å². The van der Waals surface area contributed by atoms with E-state index in [-0.39, 0.29) is 6.10 Å². The van der Waals surface area contributed by atoms with E-state index in [2.05, 4.69) is 18.8 Å². The zero-order valence-electron chi connectivity index (χ0n) is 12.5. The van der Waals surface area contributed by atoms with Gasteiger partial charge in [-0.1, -0.05) is 19.9 Å². The van der Waals surface area contributed by atoms with Crippen molar-refractivity contribution in [2.45, 2.75) is 52.2 Å². The number of ether oxygens (including phenoxy) is 3. The van der Waals surface area contributed by atoms with Gasteiger partial charge in [-0.05, 0) is 25.8 Å². The predicted octanol–water partition coefficient (Wildman–Crippen LogP) is 2.82. The number of hydrogen-bond acceptors (Lipinski definition) is 4. The van der Waals surface area contributed by atoms with Crippen LogP contribution in [-0.4, -0.2) is 34.7 Å². The highest BCUT2D eigenvalue weighted by Gasteiger charge is 2.37. The van der Waals surface area contributed by atoms with Gasteiger partial charge in [0, 0.05) is 12.8 Å². The first-order chi connectivity index (χ1) is 9.71. The third-order valence-electron chi connectivity index (χ3n) is 3.53. The standard InChI is InChI=1S/C15H24N2O3/c1-4-15(5-2)19-10-14(20-15)8-7-13-9-17(11-16-13)12-18-6-3/h7-9,11,14H,4-6,10,12H2,1-3H3/b8-7+/t14-/m1/s1. The van der Waals surface area contributed by atoms with E-state index in [0.29, 0.717) is 19.9 Å². The molecular formula is C15H24N2O3. The van der Waals surface area contributed by atoms with Gasteiger partial charge < -0.3 is 18.8 Å². The zero-order valence-corrected chi connectivity index (χ0v) is 12.5. The molecule has 0 N–H and O–H groups in total. The summed E-state index contributed by atoms with van der Waals surface area (Å²) >= 11 is 0. The summed E-state index contributed by atoms with van der Waals surface area (Å²) in [7, 11) is 0. The Morgan fingerprint density at radius 2 is 2.25 bits per heavy atom. The summed E-state index contributed by atoms with van der Waals surface area (Å²) in [6.07, 6.45) is 9.46. The lowest BCUT2D eigenvalue weighted by Gasteiger charge is -2.24. The Morgan fingerprint density at radius 3 is 2.90 bits per heavy atom. The van der Waals surface area contributed by atoms with E-state index >= 15 is 0 Å². The number of nitrogens with zero attached hydrogens (tertiary/aromatic N) is 2. The maximum Gasteiger partial charge on any atom is 0.168 e. The van der Waals surface area contributed by atoms with Crippen LogP contribution in [0.25, 0.3) is 6.08 Å². The van der Waals surface area contributed by atoms with Crippen molar-refractivity contribution in [3.63, 3.8) is 0 Å². The fourth-order valence-corrected chi connectivity index (χ4v) is 2.23. The molecule has 1 aromatic heterocycles. The Balaban J connectivity index is 1.89. The van der Waals surface area contributed by atoms with E-state index < -0.39 is 5.79 Å². The van der Waals surface area contributed by atoms with Crippen molar-refractivity contribution in [3.8, 4) is 0 Å². The molecule has 112 valence electrons. The van der Waals surface area contributed by atoms with Gasteiger partial charge in [0.05, 0.1) is 18.6 Å². The van der Waals surface area contributed by atoms with Crippen LogP contribution in [0.4, 0.5) is 0 Å². The lowest BCUT2D eigenvalue weighted by atomic mass is 10.1. The molecule has 5 nitrogen and oxygen atoms in total. The molecule has 0 saturated carbocycles. The Kier molecular flexibility index (Phi) is 5.34. The monoisotopic (exact) mass is 280 g/mol. The molecule has 0 amide bonds. The van der Waals surface area contributed by atoms with Crippen LogP contribution in [0.1, 0.15) is 39.3 Å². The molecular weight excluding hydrogens is 256 g/mol. The van der Waals surface area contributed by atoms with Crippen LogP contribution in [-0.2, 0) is 20.9 Å². The maximum absolute atomic E-state index is 5.97. The van der Waals surface area contributed by atoms with Gasteiger partial charge in [-0.2, -0.15) is 0 Å². The van der Waals surface area contributed by atoms with Crippen LogP contribution >= 0.6 is 0 Å². The minimum Gasteiger partial charge on any atom is -0.361 e. The second-order valence-corrected chi connectivity index (χ2v) is 4.88. The van der Waals surface area contributed by atoms with Crippen molar-refractivity contribution in [1.29, 1.82) is 0 Å². The number of hydrogen-bond donors (Lipinski definition) is 0. The van der Waals surface area contributed by atoms with Gasteiger partial charge in [-0.3, -0.25) is 0 Å². The highest BCUT2D eigenvalue weighted by atomic mass is 16.7. The summed E-state index contributed by atoms with van der Waals surface area (Å²) in [4.78, 5) is 4.31. The van der Waals surface area contributed by atoms with Crippen molar-refractivity contribution in [3.05, 3.63) is 24.3 Å². The van der Waals surface area contributed by atoms with Crippen molar-refractivity contribution in [1.82, 2.24) is 9.55 Å². The maximum atomic E-state index is 5.97. The topological polar surface area (TPSA) is 45.5 Å². The second kappa shape index (κ2) is 7.02. The van der Waals surface area contributed by atoms with Gasteiger partial charge in [0.25, 0.3) is 0 Å². The Hall–Kier alpha value is -1.17. The van der Waals surface area contributed by atoms with E-state index in [1.807, 2.05) is 29.8 Å². The molecule has 1 atom stereocenters. The van der Waals surface area contributed by atoms with Crippen LogP contribution in [0.2, 0.25) is 0 Å². The molecule has 1 saturated heterocycles. The van der Waals surface area contributed by atoms with Gasteiger partial charge in [0.15, 0.2) is 5.79 Å². The van der Waals surface area contributed by atoms with E-state index in [4.69, 9.17) is 14.2 Å². The van der Waals surface area contributed by atoms with Gasteiger partial charge in [0.2, 0.25) is 0 Å². The molecule has 0 spiro atoms. The first-order valence-electron chi connectivity index (χ1n) is 7.31. The smallest absolute Gasteiger partial charge is 0.168 e. The van der Waals surface area contributed by atoms with Crippen LogP contribution in [0.3, 0.4) is 0 Å². The lowest BCUT2D eigenvalue weighted by Crippen LogP contribution is -2.28. The summed E-state index contributed by atoms with van der Waals surface area (Å²) in [5, 5.41) is 0. The SMILES string of the molecule is CCOCn1cnc(/C=C/[C@@H]2COC(CC)(CC)O2)c1. The Morgan fingerprint density at radius 1 is 1.45 bits per heavy atom. The molecule has 2 heterocycles. The molecule has 20 heavy (non-hydrogen) atoms. The number of rotatable bonds is 7. The quantitative estimate of drug-likeness (QED) is 0.770. The van der Waals surface area contributed by atoms with E-state index in [1.165, 1.54) is 0 Å². The zero-order chi connectivity index (χ0) is 14.4. The van der Waals surface area contributed by atoms with Crippen molar-refractivity contribution < 1.29 is 14.2 Å². The summed E-state index contributed by atoms with van der Waals surface area (Å²) in [5.41, 5.74) is 0.902. The highest BCUT2D eigenvalue weighted by molar-refractivity contribution is 5.43. The summed E-state index contributed by atoms with van der Waals surface area (Å²) in [5.74, 6) is -0.399. The third kappa shape index (κ3) is 3.69. The third-order valence-corrected chi connectivity index (χ3v) is 3.53. The van der Waals surface area contributed by atoms with Gasteiger partial charge in [-0.25, -0.2) is 4.98 Å². The van der Waals surface area contributed by atoms with Crippen molar-refractivity contribution in [2.24, 2.45) is 0 Å². The van der Waals surface area contributed by atoms with Crippen LogP contribution in [0, 0.1) is 0 Å². The molecule has 1 aliphatic rings. The summed E-state index contributed by atoms with van der Waals surface area (Å²) in [6.45, 7) is 8.00. The van der Waals surface area contributed by atoms with E-state index in [0.717, 1.165) is 18.5 Å². The highest BCUT2D eigenvalue weighted by Crippen LogP contribution is 2.30. The molecule has 1 aromatic rings. The number of imidazole rings is 1. The van der Waals surface area contributed by atoms with Gasteiger partial charge in [-0.15, -0.1) is 0 Å². The Bertz CT molecular complexity index is 438. The fraction of sp³-hybridized carbons (Fsp3) is 0.667. The normalized spacial score (nSPS) is 21.9. The summed E-state index contributed by atoms with van der Waals surface area (Å²) < 4.78 is 19.0. The molecule has 0 radical (unpaired) electrons. The molecule has 5 heteroatoms. The van der Waals surface area contributed by atoms with E-state index in [9.17, 15) is 0 Å². The average Bonchev–Trinajstić information content (AvgIpc) is 3.10. The summed E-state index contributed by atoms with van der Waals surface area (Å²) in [6, 6.07) is 0. The minimum atomic E-state index is -0.399. The molecule has 0 unspecified atom stereocenters. The first kappa shape index (κ1) is 15.2. The van der Waals surface area contributed by atoms with E-state index in [1.54, 1.807) is 6.33 Å². The molecule has 1 aliphatic heterocycles. The molecule has 0 aromatic carbocycles. The molecule has 0 aliphatic carbocycles. The molecule has 0 bridgehead atoms. The number of aromatic nitrogens is 2. The largest absolute Gasteiger partial charge is 0.361 e. The van der Waals surface area contributed by atoms with Crippen LogP contribution in [0.5, 0.6) is 0 Å². The van der Waals surface area contributed by atoms with Crippen molar-refractivity contribution >= 4 is 6.08 Å². The van der Waals surface area contributed by atoms with Crippen molar-refractivity contribution in [2.75, 3.05) is 13.2 Å². The van der Waals surface area contributed by atoms with Crippen LogP contribution in [0.15, 0.2) is 18.6 Å².